The summed E-state index contributed by atoms with van der Waals surface area (Å²) in [5.41, 5.74) is 1.68. The molecule has 1 aromatic rings. The van der Waals surface area contributed by atoms with Gasteiger partial charge in [0.25, 0.3) is 0 Å². The molecule has 0 spiro atoms. The largest absolute Gasteiger partial charge is 0.375 e. The third kappa shape index (κ3) is 2.78. The number of nitriles is 1. The molecule has 1 saturated carbocycles. The molecule has 0 amide bonds. The van der Waals surface area contributed by atoms with Gasteiger partial charge in [-0.2, -0.15) is 5.26 Å². The predicted octanol–water partition coefficient (Wildman–Crippen LogP) is 2.10. The molecule has 2 fully saturated rings. The van der Waals surface area contributed by atoms with E-state index < -0.39 is 0 Å². The van der Waals surface area contributed by atoms with Crippen LogP contribution in [0.4, 0.5) is 0 Å². The van der Waals surface area contributed by atoms with Crippen molar-refractivity contribution in [3.05, 3.63) is 29.6 Å². The fraction of sp³-hybridized carbons (Fsp3) is 0.600. The quantitative estimate of drug-likeness (QED) is 0.814. The predicted molar refractivity (Wildman–Crippen MR) is 71.4 cm³/mol. The molecule has 19 heavy (non-hydrogen) atoms. The fourth-order valence-electron chi connectivity index (χ4n) is 3.24. The smallest absolute Gasteiger partial charge is 0.140 e. The second kappa shape index (κ2) is 5.68. The maximum Gasteiger partial charge on any atom is 0.140 e. The van der Waals surface area contributed by atoms with Crippen LogP contribution in [0.1, 0.15) is 36.9 Å². The van der Waals surface area contributed by atoms with Crippen LogP contribution in [0.15, 0.2) is 18.3 Å². The van der Waals surface area contributed by atoms with Crippen molar-refractivity contribution in [3.63, 3.8) is 0 Å². The Labute approximate surface area is 114 Å². The van der Waals surface area contributed by atoms with E-state index in [1.54, 1.807) is 6.20 Å². The Hall–Kier alpha value is -1.44. The molecule has 4 nitrogen and oxygen atoms in total. The summed E-state index contributed by atoms with van der Waals surface area (Å²) in [7, 11) is 0. The Kier molecular flexibility index (Phi) is 3.77. The van der Waals surface area contributed by atoms with Crippen molar-refractivity contribution in [1.29, 1.82) is 5.26 Å². The van der Waals surface area contributed by atoms with E-state index in [0.29, 0.717) is 17.8 Å². The number of hydrogen-bond donors (Lipinski definition) is 0. The minimum Gasteiger partial charge on any atom is -0.375 e. The maximum atomic E-state index is 8.91. The zero-order valence-corrected chi connectivity index (χ0v) is 11.1. The van der Waals surface area contributed by atoms with Gasteiger partial charge in [0.1, 0.15) is 11.8 Å². The van der Waals surface area contributed by atoms with Crippen LogP contribution in [0.2, 0.25) is 0 Å². The topological polar surface area (TPSA) is 49.2 Å². The van der Waals surface area contributed by atoms with Crippen LogP contribution in [-0.4, -0.2) is 35.2 Å². The van der Waals surface area contributed by atoms with Gasteiger partial charge in [0.15, 0.2) is 0 Å². The molecule has 1 aliphatic carbocycles. The number of hydrogen-bond acceptors (Lipinski definition) is 4. The third-order valence-corrected chi connectivity index (χ3v) is 4.17. The monoisotopic (exact) mass is 257 g/mol. The lowest BCUT2D eigenvalue weighted by Gasteiger charge is -2.43. The summed E-state index contributed by atoms with van der Waals surface area (Å²) in [4.78, 5) is 6.55. The first-order valence-electron chi connectivity index (χ1n) is 7.07. The van der Waals surface area contributed by atoms with Crippen LogP contribution in [0, 0.1) is 11.3 Å². The van der Waals surface area contributed by atoms with Gasteiger partial charge in [0.05, 0.1) is 12.7 Å². The normalized spacial score (nSPS) is 27.5. The van der Waals surface area contributed by atoms with Crippen molar-refractivity contribution >= 4 is 0 Å². The summed E-state index contributed by atoms with van der Waals surface area (Å²) < 4.78 is 5.89. The molecular formula is C15H19N3O. The average molecular weight is 257 g/mol. The van der Waals surface area contributed by atoms with Crippen LogP contribution in [-0.2, 0) is 11.3 Å². The zero-order valence-electron chi connectivity index (χ0n) is 11.1. The van der Waals surface area contributed by atoms with Gasteiger partial charge in [-0.1, -0.05) is 12.8 Å². The molecule has 3 rings (SSSR count). The molecule has 100 valence electrons. The first-order valence-corrected chi connectivity index (χ1v) is 7.07. The lowest BCUT2D eigenvalue weighted by Crippen LogP contribution is -2.52. The van der Waals surface area contributed by atoms with Gasteiger partial charge >= 0.3 is 0 Å². The lowest BCUT2D eigenvalue weighted by molar-refractivity contribution is -0.0911. The first kappa shape index (κ1) is 12.6. The summed E-state index contributed by atoms with van der Waals surface area (Å²) >= 11 is 0. The molecule has 1 aliphatic heterocycles. The Morgan fingerprint density at radius 3 is 3.21 bits per heavy atom. The van der Waals surface area contributed by atoms with E-state index >= 15 is 0 Å². The van der Waals surface area contributed by atoms with E-state index in [1.165, 1.54) is 31.2 Å². The Bertz CT molecular complexity index is 481. The Morgan fingerprint density at radius 2 is 2.32 bits per heavy atom. The van der Waals surface area contributed by atoms with Gasteiger partial charge in [0, 0.05) is 25.3 Å². The Balaban J connectivity index is 1.72. The standard InChI is InChI=1S/C15H19N3O/c16-10-13-9-12(5-6-17-13)11-18-7-8-19-15-4-2-1-3-14(15)18/h5-6,9,14-15H,1-4,7-8,11H2. The average Bonchev–Trinajstić information content (AvgIpc) is 2.48. The molecular weight excluding hydrogens is 238 g/mol. The number of nitrogens with zero attached hydrogens (tertiary/aromatic N) is 3. The maximum absolute atomic E-state index is 8.91. The summed E-state index contributed by atoms with van der Waals surface area (Å²) in [6.07, 6.45) is 7.18. The van der Waals surface area contributed by atoms with Crippen LogP contribution in [0.3, 0.4) is 0 Å². The zero-order chi connectivity index (χ0) is 13.1. The summed E-state index contributed by atoms with van der Waals surface area (Å²) in [6.45, 7) is 2.73. The minimum absolute atomic E-state index is 0.416. The van der Waals surface area contributed by atoms with Crippen molar-refractivity contribution in [1.82, 2.24) is 9.88 Å². The molecule has 0 aromatic carbocycles. The molecule has 4 heteroatoms. The number of pyridine rings is 1. The van der Waals surface area contributed by atoms with Crippen LogP contribution < -0.4 is 0 Å². The highest BCUT2D eigenvalue weighted by Gasteiger charge is 2.33. The van der Waals surface area contributed by atoms with Gasteiger partial charge in [-0.25, -0.2) is 4.98 Å². The number of aromatic nitrogens is 1. The number of ether oxygens (including phenoxy) is 1. The highest BCUT2D eigenvalue weighted by Crippen LogP contribution is 2.29. The van der Waals surface area contributed by atoms with Crippen molar-refractivity contribution < 1.29 is 4.74 Å². The fourth-order valence-corrected chi connectivity index (χ4v) is 3.24. The van der Waals surface area contributed by atoms with Crippen molar-refractivity contribution in [3.8, 4) is 6.07 Å². The molecule has 2 aliphatic rings. The number of morpholine rings is 1. The number of rotatable bonds is 2. The highest BCUT2D eigenvalue weighted by atomic mass is 16.5. The molecule has 1 saturated heterocycles. The molecule has 0 bridgehead atoms. The number of fused-ring (bicyclic) bond motifs is 1. The van der Waals surface area contributed by atoms with Gasteiger partial charge in [0.2, 0.25) is 0 Å². The highest BCUT2D eigenvalue weighted by molar-refractivity contribution is 5.25. The van der Waals surface area contributed by atoms with E-state index in [0.717, 1.165) is 19.7 Å². The van der Waals surface area contributed by atoms with Crippen molar-refractivity contribution in [2.45, 2.75) is 44.4 Å². The second-order valence-electron chi connectivity index (χ2n) is 5.39. The lowest BCUT2D eigenvalue weighted by atomic mass is 9.90. The summed E-state index contributed by atoms with van der Waals surface area (Å²) in [5, 5.41) is 8.91. The van der Waals surface area contributed by atoms with Crippen molar-refractivity contribution in [2.75, 3.05) is 13.2 Å². The van der Waals surface area contributed by atoms with E-state index in [2.05, 4.69) is 16.0 Å². The van der Waals surface area contributed by atoms with E-state index in [4.69, 9.17) is 10.00 Å². The van der Waals surface area contributed by atoms with Gasteiger partial charge < -0.3 is 4.74 Å². The van der Waals surface area contributed by atoms with Crippen LogP contribution >= 0.6 is 0 Å². The molecule has 2 heterocycles. The molecule has 0 radical (unpaired) electrons. The van der Waals surface area contributed by atoms with Crippen LogP contribution in [0.25, 0.3) is 0 Å². The van der Waals surface area contributed by atoms with E-state index in [-0.39, 0.29) is 0 Å². The van der Waals surface area contributed by atoms with Gasteiger partial charge in [-0.15, -0.1) is 0 Å². The first-order chi connectivity index (χ1) is 9.36. The van der Waals surface area contributed by atoms with Gasteiger partial charge in [-0.3, -0.25) is 4.90 Å². The third-order valence-electron chi connectivity index (χ3n) is 4.17. The Morgan fingerprint density at radius 1 is 1.42 bits per heavy atom. The molecule has 2 unspecified atom stereocenters. The van der Waals surface area contributed by atoms with E-state index in [1.807, 2.05) is 12.1 Å². The SMILES string of the molecule is N#Cc1cc(CN2CCOC3CCCCC32)ccn1. The summed E-state index contributed by atoms with van der Waals surface area (Å²) in [5.74, 6) is 0. The molecule has 0 N–H and O–H groups in total. The second-order valence-corrected chi connectivity index (χ2v) is 5.39. The van der Waals surface area contributed by atoms with Crippen molar-refractivity contribution in [2.24, 2.45) is 0 Å². The minimum atomic E-state index is 0.416. The van der Waals surface area contributed by atoms with E-state index in [9.17, 15) is 0 Å². The molecule has 1 aromatic heterocycles. The summed E-state index contributed by atoms with van der Waals surface area (Å²) in [6, 6.07) is 6.57. The molecule has 2 atom stereocenters. The van der Waals surface area contributed by atoms with Gasteiger partial charge in [-0.05, 0) is 30.5 Å². The van der Waals surface area contributed by atoms with Crippen LogP contribution in [0.5, 0.6) is 0 Å².